The zero-order chi connectivity index (χ0) is 18.7. The van der Waals surface area contributed by atoms with E-state index in [9.17, 15) is 9.59 Å². The van der Waals surface area contributed by atoms with Gasteiger partial charge in [0.1, 0.15) is 12.7 Å². The summed E-state index contributed by atoms with van der Waals surface area (Å²) in [7, 11) is 0. The highest BCUT2D eigenvalue weighted by atomic mass is 35.5. The summed E-state index contributed by atoms with van der Waals surface area (Å²) >= 11 is 5.91. The van der Waals surface area contributed by atoms with Crippen molar-refractivity contribution in [3.05, 3.63) is 41.1 Å². The van der Waals surface area contributed by atoms with Crippen LogP contribution >= 0.6 is 11.6 Å². The molecule has 2 aliphatic rings. The molecule has 0 aromatic heterocycles. The first kappa shape index (κ1) is 18.9. The molecule has 1 aromatic rings. The summed E-state index contributed by atoms with van der Waals surface area (Å²) < 4.78 is 16.6. The standard InChI is InChI=1S/C20H23ClO5/c1-12(2)26-19(22)11-24-15-7-8-16-18(9-15)25-10-17(20(16)23)13-3-5-14(21)6-4-13/h3-6,10,12,15-16,18H,7-9,11H2,1-2H3. The highest BCUT2D eigenvalue weighted by molar-refractivity contribution is 6.30. The number of allylic oxidation sites excluding steroid dienone is 1. The first-order chi connectivity index (χ1) is 12.4. The van der Waals surface area contributed by atoms with E-state index in [2.05, 4.69) is 0 Å². The van der Waals surface area contributed by atoms with Crippen molar-refractivity contribution in [2.75, 3.05) is 6.61 Å². The fourth-order valence-electron chi connectivity index (χ4n) is 3.43. The molecule has 0 amide bonds. The van der Waals surface area contributed by atoms with Crippen molar-refractivity contribution in [3.63, 3.8) is 0 Å². The van der Waals surface area contributed by atoms with Crippen LogP contribution in [0.1, 0.15) is 38.7 Å². The maximum Gasteiger partial charge on any atom is 0.332 e. The minimum absolute atomic E-state index is 0.0694. The van der Waals surface area contributed by atoms with Crippen LogP contribution in [-0.2, 0) is 23.8 Å². The Morgan fingerprint density at radius 1 is 1.27 bits per heavy atom. The fourth-order valence-corrected chi connectivity index (χ4v) is 3.56. The van der Waals surface area contributed by atoms with E-state index in [1.807, 2.05) is 12.1 Å². The third kappa shape index (κ3) is 4.46. The van der Waals surface area contributed by atoms with Gasteiger partial charge in [0.25, 0.3) is 0 Å². The van der Waals surface area contributed by atoms with Crippen LogP contribution in [-0.4, -0.2) is 36.7 Å². The highest BCUT2D eigenvalue weighted by Crippen LogP contribution is 2.37. The molecule has 3 unspecified atom stereocenters. The number of hydrogen-bond acceptors (Lipinski definition) is 5. The number of Topliss-reactive ketones (excluding diaryl/α,β-unsaturated/α-hetero) is 1. The zero-order valence-electron chi connectivity index (χ0n) is 14.9. The molecule has 0 spiro atoms. The number of benzene rings is 1. The Bertz CT molecular complexity index is 695. The predicted molar refractivity (Wildman–Crippen MR) is 97.6 cm³/mol. The van der Waals surface area contributed by atoms with Gasteiger partial charge in [0.05, 0.1) is 30.0 Å². The minimum Gasteiger partial charge on any atom is -0.496 e. The Labute approximate surface area is 158 Å². The summed E-state index contributed by atoms with van der Waals surface area (Å²) in [5, 5.41) is 0.630. The van der Waals surface area contributed by atoms with Crippen LogP contribution in [0, 0.1) is 5.92 Å². The van der Waals surface area contributed by atoms with Crippen LogP contribution in [0.5, 0.6) is 0 Å². The molecule has 5 nitrogen and oxygen atoms in total. The van der Waals surface area contributed by atoms with Gasteiger partial charge in [-0.25, -0.2) is 4.79 Å². The number of carbonyl (C=O) groups excluding carboxylic acids is 2. The van der Waals surface area contributed by atoms with E-state index < -0.39 is 0 Å². The van der Waals surface area contributed by atoms with Gasteiger partial charge in [-0.3, -0.25) is 4.79 Å². The van der Waals surface area contributed by atoms with Gasteiger partial charge in [0.2, 0.25) is 0 Å². The number of carbonyl (C=O) groups is 2. The largest absolute Gasteiger partial charge is 0.496 e. The Morgan fingerprint density at radius 3 is 2.69 bits per heavy atom. The molecule has 6 heteroatoms. The van der Waals surface area contributed by atoms with E-state index in [-0.39, 0.29) is 42.6 Å². The lowest BCUT2D eigenvalue weighted by molar-refractivity contribution is -0.157. The SMILES string of the molecule is CC(C)OC(=O)COC1CCC2C(=O)C(c3ccc(Cl)cc3)=COC2C1. The topological polar surface area (TPSA) is 61.8 Å². The third-order valence-corrected chi connectivity index (χ3v) is 4.92. The minimum atomic E-state index is -0.368. The van der Waals surface area contributed by atoms with Crippen LogP contribution < -0.4 is 0 Å². The summed E-state index contributed by atoms with van der Waals surface area (Å²) in [5.74, 6) is -0.443. The summed E-state index contributed by atoms with van der Waals surface area (Å²) in [5.41, 5.74) is 1.40. The molecule has 1 aliphatic heterocycles. The molecule has 26 heavy (non-hydrogen) atoms. The average Bonchev–Trinajstić information content (AvgIpc) is 2.61. The summed E-state index contributed by atoms with van der Waals surface area (Å²) in [6, 6.07) is 7.17. The number of hydrogen-bond donors (Lipinski definition) is 0. The maximum absolute atomic E-state index is 12.8. The molecule has 1 fully saturated rings. The smallest absolute Gasteiger partial charge is 0.332 e. The lowest BCUT2D eigenvalue weighted by Gasteiger charge is -2.37. The number of rotatable bonds is 5. The van der Waals surface area contributed by atoms with Crippen molar-refractivity contribution in [2.45, 2.75) is 51.4 Å². The van der Waals surface area contributed by atoms with Crippen molar-refractivity contribution >= 4 is 28.9 Å². The molecule has 1 heterocycles. The van der Waals surface area contributed by atoms with E-state index in [0.717, 1.165) is 12.0 Å². The van der Waals surface area contributed by atoms with Gasteiger partial charge in [-0.15, -0.1) is 0 Å². The molecule has 1 saturated carbocycles. The van der Waals surface area contributed by atoms with Crippen molar-refractivity contribution < 1.29 is 23.8 Å². The Balaban J connectivity index is 1.59. The molecule has 140 valence electrons. The predicted octanol–water partition coefficient (Wildman–Crippen LogP) is 3.79. The Hall–Kier alpha value is -1.85. The first-order valence-electron chi connectivity index (χ1n) is 8.91. The summed E-state index contributed by atoms with van der Waals surface area (Å²) in [6.07, 6.45) is 3.07. The zero-order valence-corrected chi connectivity index (χ0v) is 15.7. The van der Waals surface area contributed by atoms with Gasteiger partial charge in [0.15, 0.2) is 5.78 Å². The molecule has 3 atom stereocenters. The van der Waals surface area contributed by atoms with Gasteiger partial charge < -0.3 is 14.2 Å². The second kappa shape index (κ2) is 8.23. The van der Waals surface area contributed by atoms with Crippen molar-refractivity contribution in [2.24, 2.45) is 5.92 Å². The van der Waals surface area contributed by atoms with E-state index >= 15 is 0 Å². The number of ketones is 1. The molecule has 3 rings (SSSR count). The van der Waals surface area contributed by atoms with E-state index in [1.54, 1.807) is 32.2 Å². The maximum atomic E-state index is 12.8. The van der Waals surface area contributed by atoms with Crippen LogP contribution in [0.3, 0.4) is 0 Å². The van der Waals surface area contributed by atoms with E-state index in [4.69, 9.17) is 25.8 Å². The van der Waals surface area contributed by atoms with Gasteiger partial charge >= 0.3 is 5.97 Å². The molecule has 0 radical (unpaired) electrons. The van der Waals surface area contributed by atoms with Gasteiger partial charge in [0, 0.05) is 11.4 Å². The van der Waals surface area contributed by atoms with Gasteiger partial charge in [-0.05, 0) is 44.4 Å². The summed E-state index contributed by atoms with van der Waals surface area (Å²) in [6.45, 7) is 3.53. The normalized spacial score (nSPS) is 25.3. The van der Waals surface area contributed by atoms with Gasteiger partial charge in [-0.2, -0.15) is 0 Å². The van der Waals surface area contributed by atoms with Crippen LogP contribution in [0.4, 0.5) is 0 Å². The number of esters is 1. The molecular formula is C20H23ClO5. The van der Waals surface area contributed by atoms with Crippen LogP contribution in [0.2, 0.25) is 5.02 Å². The third-order valence-electron chi connectivity index (χ3n) is 4.67. The Morgan fingerprint density at radius 2 is 2.00 bits per heavy atom. The van der Waals surface area contributed by atoms with E-state index in [0.29, 0.717) is 23.4 Å². The number of fused-ring (bicyclic) bond motifs is 1. The van der Waals surface area contributed by atoms with Crippen molar-refractivity contribution in [1.82, 2.24) is 0 Å². The monoisotopic (exact) mass is 378 g/mol. The molecule has 1 aromatic carbocycles. The summed E-state index contributed by atoms with van der Waals surface area (Å²) in [4.78, 5) is 24.4. The number of halogens is 1. The van der Waals surface area contributed by atoms with Gasteiger partial charge in [-0.1, -0.05) is 23.7 Å². The second-order valence-corrected chi connectivity index (χ2v) is 7.40. The van der Waals surface area contributed by atoms with E-state index in [1.165, 1.54) is 0 Å². The quantitative estimate of drug-likeness (QED) is 0.729. The lowest BCUT2D eigenvalue weighted by atomic mass is 9.78. The second-order valence-electron chi connectivity index (χ2n) is 6.97. The molecule has 0 saturated heterocycles. The van der Waals surface area contributed by atoms with Crippen LogP contribution in [0.25, 0.3) is 5.57 Å². The van der Waals surface area contributed by atoms with Crippen LogP contribution in [0.15, 0.2) is 30.5 Å². The number of ether oxygens (including phenoxy) is 3. The molecular weight excluding hydrogens is 356 g/mol. The van der Waals surface area contributed by atoms with Crippen molar-refractivity contribution in [3.8, 4) is 0 Å². The first-order valence-corrected chi connectivity index (χ1v) is 9.28. The van der Waals surface area contributed by atoms with Crippen molar-refractivity contribution in [1.29, 1.82) is 0 Å². The average molecular weight is 379 g/mol. The highest BCUT2D eigenvalue weighted by Gasteiger charge is 2.40. The Kier molecular flexibility index (Phi) is 5.99. The molecule has 0 N–H and O–H groups in total. The fraction of sp³-hybridized carbons (Fsp3) is 0.500. The molecule has 0 bridgehead atoms. The molecule has 1 aliphatic carbocycles. The lowest BCUT2D eigenvalue weighted by Crippen LogP contribution is -2.41.